The van der Waals surface area contributed by atoms with Crippen molar-refractivity contribution >= 4 is 38.8 Å². The first kappa shape index (κ1) is 23.6. The van der Waals surface area contributed by atoms with Crippen molar-refractivity contribution < 1.29 is 14.1 Å². The van der Waals surface area contributed by atoms with E-state index in [2.05, 4.69) is 30.7 Å². The highest BCUT2D eigenvalue weighted by Gasteiger charge is 2.25. The minimum absolute atomic E-state index is 0.177. The number of aromatic nitrogens is 5. The number of anilines is 2. The Morgan fingerprint density at radius 1 is 1.26 bits per heavy atom. The molecule has 13 heteroatoms. The van der Waals surface area contributed by atoms with Crippen molar-refractivity contribution in [1.29, 1.82) is 0 Å². The van der Waals surface area contributed by atoms with Gasteiger partial charge in [0.15, 0.2) is 5.69 Å². The SMILES string of the molecule is Cc1nc(-c2ccc([C@@H]3COc4ncn(CC(=O)NCc5cc6cnc(N)cc6s5)c(=O)c4N3)cc2)no1. The van der Waals surface area contributed by atoms with E-state index in [1.54, 1.807) is 19.2 Å². The number of nitrogens with zero attached hydrogens (tertiary/aromatic N) is 5. The Balaban J connectivity index is 1.13. The van der Waals surface area contributed by atoms with Crippen molar-refractivity contribution in [3.8, 4) is 17.3 Å². The van der Waals surface area contributed by atoms with Crippen LogP contribution >= 0.6 is 11.3 Å². The molecule has 0 radical (unpaired) electrons. The van der Waals surface area contributed by atoms with Crippen LogP contribution in [0.15, 0.2) is 58.2 Å². The average Bonchev–Trinajstić information content (AvgIpc) is 3.54. The second-order valence-corrected chi connectivity index (χ2v) is 9.93. The maximum absolute atomic E-state index is 13.1. The van der Waals surface area contributed by atoms with Crippen molar-refractivity contribution in [2.75, 3.05) is 17.7 Å². The van der Waals surface area contributed by atoms with Gasteiger partial charge in [0, 0.05) is 33.6 Å². The summed E-state index contributed by atoms with van der Waals surface area (Å²) in [6, 6.07) is 11.1. The number of carbonyl (C=O) groups excluding carboxylic acids is 1. The highest BCUT2D eigenvalue weighted by atomic mass is 32.1. The summed E-state index contributed by atoms with van der Waals surface area (Å²) in [7, 11) is 0. The van der Waals surface area contributed by atoms with Crippen LogP contribution in [0.4, 0.5) is 11.5 Å². The van der Waals surface area contributed by atoms with Gasteiger partial charge in [-0.25, -0.2) is 9.97 Å². The van der Waals surface area contributed by atoms with E-state index in [1.807, 2.05) is 30.3 Å². The predicted molar refractivity (Wildman–Crippen MR) is 141 cm³/mol. The number of aryl methyl sites for hydroxylation is 1. The van der Waals surface area contributed by atoms with Gasteiger partial charge in [-0.1, -0.05) is 29.4 Å². The summed E-state index contributed by atoms with van der Waals surface area (Å²) in [5.41, 5.74) is 7.28. The molecular weight excluding hydrogens is 508 g/mol. The summed E-state index contributed by atoms with van der Waals surface area (Å²) >= 11 is 1.53. The number of carbonyl (C=O) groups is 1. The molecule has 1 aliphatic heterocycles. The molecule has 38 heavy (non-hydrogen) atoms. The summed E-state index contributed by atoms with van der Waals surface area (Å²) in [6.07, 6.45) is 3.02. The lowest BCUT2D eigenvalue weighted by Crippen LogP contribution is -2.36. The number of fused-ring (bicyclic) bond motifs is 2. The van der Waals surface area contributed by atoms with E-state index in [9.17, 15) is 9.59 Å². The van der Waals surface area contributed by atoms with Crippen molar-refractivity contribution in [1.82, 2.24) is 30.0 Å². The molecule has 1 aliphatic rings. The van der Waals surface area contributed by atoms with Gasteiger partial charge in [0.25, 0.3) is 5.56 Å². The fourth-order valence-corrected chi connectivity index (χ4v) is 5.17. The Kier molecular flexibility index (Phi) is 5.96. The molecule has 5 heterocycles. The molecule has 0 saturated carbocycles. The van der Waals surface area contributed by atoms with Crippen LogP contribution in [-0.2, 0) is 17.9 Å². The van der Waals surface area contributed by atoms with Crippen molar-refractivity contribution in [3.63, 3.8) is 0 Å². The van der Waals surface area contributed by atoms with E-state index >= 15 is 0 Å². The molecule has 1 aromatic carbocycles. The topological polar surface area (TPSA) is 163 Å². The summed E-state index contributed by atoms with van der Waals surface area (Å²) in [4.78, 5) is 39.3. The fourth-order valence-electron chi connectivity index (χ4n) is 4.15. The number of ether oxygens (including phenoxy) is 1. The maximum atomic E-state index is 13.1. The molecule has 0 fully saturated rings. The zero-order valence-electron chi connectivity index (χ0n) is 20.2. The molecule has 0 unspecified atom stereocenters. The van der Waals surface area contributed by atoms with Gasteiger partial charge in [0.2, 0.25) is 23.5 Å². The van der Waals surface area contributed by atoms with Crippen molar-refractivity contribution in [2.45, 2.75) is 26.1 Å². The Morgan fingerprint density at radius 3 is 2.89 bits per heavy atom. The van der Waals surface area contributed by atoms with E-state index < -0.39 is 5.56 Å². The number of pyridine rings is 1. The highest BCUT2D eigenvalue weighted by Crippen LogP contribution is 2.30. The number of nitrogens with two attached hydrogens (primary N) is 1. The third kappa shape index (κ3) is 4.66. The molecule has 0 aliphatic carbocycles. The molecule has 1 atom stereocenters. The lowest BCUT2D eigenvalue weighted by molar-refractivity contribution is -0.121. The van der Waals surface area contributed by atoms with Crippen LogP contribution in [0.5, 0.6) is 5.88 Å². The number of benzene rings is 1. The molecule has 12 nitrogen and oxygen atoms in total. The average molecular weight is 531 g/mol. The first-order chi connectivity index (χ1) is 18.4. The molecule has 6 rings (SSSR count). The summed E-state index contributed by atoms with van der Waals surface area (Å²) in [6.45, 7) is 2.18. The van der Waals surface area contributed by atoms with Crippen molar-refractivity contribution in [2.24, 2.45) is 0 Å². The van der Waals surface area contributed by atoms with Crippen LogP contribution in [-0.4, -0.2) is 37.2 Å². The number of hydrogen-bond acceptors (Lipinski definition) is 11. The van der Waals surface area contributed by atoms with Gasteiger partial charge in [-0.05, 0) is 17.7 Å². The molecule has 0 bridgehead atoms. The Hall–Kier alpha value is -4.78. The Bertz CT molecular complexity index is 1710. The molecule has 4 aromatic heterocycles. The molecule has 0 saturated heterocycles. The number of hydrogen-bond donors (Lipinski definition) is 3. The third-order valence-electron chi connectivity index (χ3n) is 6.05. The minimum atomic E-state index is -0.392. The smallest absolute Gasteiger partial charge is 0.281 e. The standard InChI is InChI=1S/C25H22N8O4S/c1-13-30-23(32-37-13)15-4-2-14(3-5-15)18-11-36-24-22(31-18)25(35)33(12-29-24)10-21(34)28-9-17-6-16-8-27-20(26)7-19(16)38-17/h2-8,12,18,31H,9-11H2,1H3,(H2,26,27)(H,28,34)/t18-/m0/s1. The van der Waals surface area contributed by atoms with Crippen LogP contribution < -0.4 is 26.7 Å². The number of amides is 1. The second kappa shape index (κ2) is 9.59. The predicted octanol–water partition coefficient (Wildman–Crippen LogP) is 2.66. The number of rotatable bonds is 6. The van der Waals surface area contributed by atoms with E-state index in [4.69, 9.17) is 15.0 Å². The van der Waals surface area contributed by atoms with Gasteiger partial charge in [-0.2, -0.15) is 4.98 Å². The van der Waals surface area contributed by atoms with E-state index in [0.29, 0.717) is 30.7 Å². The third-order valence-corrected chi connectivity index (χ3v) is 7.15. The summed E-state index contributed by atoms with van der Waals surface area (Å²) in [5.74, 6) is 1.34. The van der Waals surface area contributed by atoms with Crippen molar-refractivity contribution in [3.05, 3.63) is 75.6 Å². The Morgan fingerprint density at radius 2 is 2.11 bits per heavy atom. The van der Waals surface area contributed by atoms with Gasteiger partial charge in [-0.15, -0.1) is 11.3 Å². The molecule has 1 amide bonds. The van der Waals surface area contributed by atoms with Gasteiger partial charge in [0.05, 0.1) is 12.6 Å². The second-order valence-electron chi connectivity index (χ2n) is 8.76. The monoisotopic (exact) mass is 530 g/mol. The maximum Gasteiger partial charge on any atom is 0.281 e. The molecule has 5 aromatic rings. The minimum Gasteiger partial charge on any atom is -0.473 e. The van der Waals surface area contributed by atoms with Gasteiger partial charge in [0.1, 0.15) is 25.3 Å². The van der Waals surface area contributed by atoms with Crippen LogP contribution in [0.3, 0.4) is 0 Å². The van der Waals surface area contributed by atoms with Crippen LogP contribution in [0.1, 0.15) is 22.4 Å². The molecule has 0 spiro atoms. The Labute approximate surface area is 219 Å². The van der Waals surface area contributed by atoms with E-state index in [-0.39, 0.29) is 30.1 Å². The number of nitrogens with one attached hydrogen (secondary N) is 2. The molecule has 4 N–H and O–H groups in total. The van der Waals surface area contributed by atoms with Crippen LogP contribution in [0.25, 0.3) is 21.5 Å². The largest absolute Gasteiger partial charge is 0.473 e. The normalized spacial score (nSPS) is 14.5. The summed E-state index contributed by atoms with van der Waals surface area (Å²) < 4.78 is 13.0. The molecule has 192 valence electrons. The van der Waals surface area contributed by atoms with Gasteiger partial charge < -0.3 is 25.6 Å². The lowest BCUT2D eigenvalue weighted by atomic mass is 10.0. The zero-order valence-corrected chi connectivity index (χ0v) is 21.0. The first-order valence-corrected chi connectivity index (χ1v) is 12.5. The first-order valence-electron chi connectivity index (χ1n) is 11.7. The van der Waals surface area contributed by atoms with E-state index in [1.165, 1.54) is 22.2 Å². The number of thiophene rings is 1. The van der Waals surface area contributed by atoms with Gasteiger partial charge >= 0.3 is 0 Å². The zero-order chi connectivity index (χ0) is 26.2. The quantitative estimate of drug-likeness (QED) is 0.297. The van der Waals surface area contributed by atoms with E-state index in [0.717, 1.165) is 26.1 Å². The lowest BCUT2D eigenvalue weighted by Gasteiger charge is -2.26. The fraction of sp³-hybridized carbons (Fsp3) is 0.200. The number of nitrogen functional groups attached to an aromatic ring is 1. The summed E-state index contributed by atoms with van der Waals surface area (Å²) in [5, 5.41) is 11.0. The van der Waals surface area contributed by atoms with Gasteiger partial charge in [-0.3, -0.25) is 14.2 Å². The highest BCUT2D eigenvalue weighted by molar-refractivity contribution is 7.19. The van der Waals surface area contributed by atoms with Crippen LogP contribution in [0.2, 0.25) is 0 Å². The van der Waals surface area contributed by atoms with Crippen LogP contribution in [0, 0.1) is 6.92 Å². The molecular formula is C25H22N8O4S.